The molecular weight excluding hydrogens is 662 g/mol. The van der Waals surface area contributed by atoms with Gasteiger partial charge in [-0.3, -0.25) is 24.1 Å². The molecule has 3 aromatic carbocycles. The minimum absolute atomic E-state index is 0.0560. The molecule has 272 valence electrons. The summed E-state index contributed by atoms with van der Waals surface area (Å²) in [4.78, 5) is 58.3. The van der Waals surface area contributed by atoms with Gasteiger partial charge >= 0.3 is 5.97 Å². The lowest BCUT2D eigenvalue weighted by Gasteiger charge is -2.50. The Morgan fingerprint density at radius 3 is 2.33 bits per heavy atom. The van der Waals surface area contributed by atoms with E-state index in [1.165, 1.54) is 12.1 Å². The molecule has 8 rings (SSSR count). The zero-order chi connectivity index (χ0) is 36.2. The Kier molecular flexibility index (Phi) is 10.4. The van der Waals surface area contributed by atoms with Crippen molar-refractivity contribution < 1.29 is 29.3 Å². The Bertz CT molecular complexity index is 1970. The SMILES string of the molecule is O=C(NCCCCNCC(O)c1ccc(O)c2[nH]c(=O)ccc12)c1ccc(C(=O)N2CC(C(=O)OC3CN4CCC3CC4)(c3ccccc3)C2)cc1. The molecule has 2 unspecified atom stereocenters. The number of aromatic nitrogens is 1. The number of ether oxygens (including phenoxy) is 1. The average molecular weight is 708 g/mol. The Morgan fingerprint density at radius 1 is 0.904 bits per heavy atom. The molecule has 12 heteroatoms. The number of aliphatic hydroxyl groups is 1. The third-order valence-electron chi connectivity index (χ3n) is 10.8. The second-order valence-corrected chi connectivity index (χ2v) is 14.2. The molecule has 1 aromatic heterocycles. The number of rotatable bonds is 13. The van der Waals surface area contributed by atoms with Gasteiger partial charge in [0, 0.05) is 55.3 Å². The van der Waals surface area contributed by atoms with Crippen LogP contribution in [-0.2, 0) is 14.9 Å². The number of hydrogen-bond acceptors (Lipinski definition) is 9. The number of aliphatic hydroxyl groups excluding tert-OH is 1. The fourth-order valence-corrected chi connectivity index (χ4v) is 7.75. The van der Waals surface area contributed by atoms with Crippen LogP contribution in [0.4, 0.5) is 0 Å². The predicted octanol–water partition coefficient (Wildman–Crippen LogP) is 3.10. The van der Waals surface area contributed by atoms with Crippen LogP contribution in [0.25, 0.3) is 10.9 Å². The lowest BCUT2D eigenvalue weighted by molar-refractivity contribution is -0.171. The van der Waals surface area contributed by atoms with Crippen LogP contribution in [0.15, 0.2) is 83.7 Å². The molecule has 2 atom stereocenters. The van der Waals surface area contributed by atoms with Gasteiger partial charge in [0.15, 0.2) is 0 Å². The van der Waals surface area contributed by atoms with Crippen LogP contribution in [0.3, 0.4) is 0 Å². The van der Waals surface area contributed by atoms with E-state index in [9.17, 15) is 29.4 Å². The van der Waals surface area contributed by atoms with Crippen molar-refractivity contribution >= 4 is 28.7 Å². The number of nitrogens with one attached hydrogen (secondary N) is 3. The Labute approximate surface area is 301 Å². The van der Waals surface area contributed by atoms with Gasteiger partial charge in [-0.2, -0.15) is 0 Å². The first-order valence-electron chi connectivity index (χ1n) is 18.1. The summed E-state index contributed by atoms with van der Waals surface area (Å²) in [5.41, 5.74) is 1.41. The fourth-order valence-electron chi connectivity index (χ4n) is 7.75. The zero-order valence-corrected chi connectivity index (χ0v) is 29.1. The summed E-state index contributed by atoms with van der Waals surface area (Å²) in [6.07, 6.45) is 2.63. The van der Waals surface area contributed by atoms with E-state index in [2.05, 4.69) is 20.5 Å². The number of piperidine rings is 3. The molecule has 12 nitrogen and oxygen atoms in total. The van der Waals surface area contributed by atoms with E-state index in [0.29, 0.717) is 46.6 Å². The molecule has 5 heterocycles. The van der Waals surface area contributed by atoms with Crippen molar-refractivity contribution in [1.29, 1.82) is 0 Å². The number of hydrogen-bond donors (Lipinski definition) is 5. The highest BCUT2D eigenvalue weighted by Crippen LogP contribution is 2.39. The highest BCUT2D eigenvalue weighted by Gasteiger charge is 2.54. The van der Waals surface area contributed by atoms with E-state index in [1.54, 1.807) is 41.3 Å². The average Bonchev–Trinajstić information content (AvgIpc) is 3.15. The predicted molar refractivity (Wildman–Crippen MR) is 195 cm³/mol. The summed E-state index contributed by atoms with van der Waals surface area (Å²) in [7, 11) is 0. The molecular formula is C40H45N5O7. The molecule has 0 saturated carbocycles. The standard InChI is InChI=1S/C40H45N5O7/c46-32-14-12-30(31-13-15-35(48)43-36(31)32)33(47)22-41-18-4-5-19-42-37(49)27-8-10-28(11-9-27)38(50)45-24-40(25-45,29-6-2-1-3-7-29)39(51)52-34-23-44-20-16-26(34)17-21-44/h1-3,6-15,26,33-34,41,46-47H,4-5,16-25H2,(H,42,49)(H,43,48). The van der Waals surface area contributed by atoms with E-state index in [-0.39, 0.29) is 54.8 Å². The number of likely N-dealkylation sites (tertiary alicyclic amines) is 1. The molecule has 2 amide bonds. The van der Waals surface area contributed by atoms with Crippen molar-refractivity contribution in [1.82, 2.24) is 25.4 Å². The molecule has 4 aliphatic heterocycles. The quantitative estimate of drug-likeness (QED) is 0.104. The summed E-state index contributed by atoms with van der Waals surface area (Å²) in [6.45, 7) is 4.74. The maximum atomic E-state index is 13.8. The van der Waals surface area contributed by atoms with Gasteiger partial charge < -0.3 is 35.5 Å². The van der Waals surface area contributed by atoms with Gasteiger partial charge in [0.2, 0.25) is 5.56 Å². The van der Waals surface area contributed by atoms with Crippen LogP contribution in [0.2, 0.25) is 0 Å². The third kappa shape index (κ3) is 7.32. The van der Waals surface area contributed by atoms with Crippen LogP contribution >= 0.6 is 0 Å². The number of fused-ring (bicyclic) bond motifs is 4. The topological polar surface area (TPSA) is 164 Å². The van der Waals surface area contributed by atoms with E-state index in [4.69, 9.17) is 4.74 Å². The monoisotopic (exact) mass is 707 g/mol. The van der Waals surface area contributed by atoms with Crippen molar-refractivity contribution in [3.05, 3.63) is 111 Å². The maximum Gasteiger partial charge on any atom is 0.320 e. The van der Waals surface area contributed by atoms with Crippen LogP contribution in [0, 0.1) is 5.92 Å². The summed E-state index contributed by atoms with van der Waals surface area (Å²) in [5, 5.41) is 27.5. The second-order valence-electron chi connectivity index (χ2n) is 14.2. The molecule has 4 saturated heterocycles. The number of phenols is 1. The number of esters is 1. The van der Waals surface area contributed by atoms with Gasteiger partial charge in [0.25, 0.3) is 11.8 Å². The van der Waals surface area contributed by atoms with Crippen LogP contribution in [0.5, 0.6) is 5.75 Å². The number of carbonyl (C=O) groups excluding carboxylic acids is 3. The Balaban J connectivity index is 0.854. The molecule has 4 aliphatic rings. The normalized spacial score (nSPS) is 20.9. The van der Waals surface area contributed by atoms with E-state index < -0.39 is 11.5 Å². The second kappa shape index (κ2) is 15.3. The number of aromatic hydroxyl groups is 1. The van der Waals surface area contributed by atoms with Gasteiger partial charge in [-0.15, -0.1) is 0 Å². The molecule has 0 aliphatic carbocycles. The van der Waals surface area contributed by atoms with Gasteiger partial charge in [-0.05, 0) is 98.8 Å². The minimum atomic E-state index is -0.900. The molecule has 4 fully saturated rings. The van der Waals surface area contributed by atoms with Crippen molar-refractivity contribution in [3.8, 4) is 5.75 Å². The number of benzene rings is 3. The first kappa shape index (κ1) is 35.4. The van der Waals surface area contributed by atoms with E-state index in [0.717, 1.165) is 50.9 Å². The lowest BCUT2D eigenvalue weighted by Crippen LogP contribution is -2.66. The minimum Gasteiger partial charge on any atom is -0.506 e. The molecule has 2 bridgehead atoms. The summed E-state index contributed by atoms with van der Waals surface area (Å²) >= 11 is 0. The molecule has 4 aromatic rings. The maximum absolute atomic E-state index is 13.8. The number of phenolic OH excluding ortho intramolecular Hbond substituents is 1. The summed E-state index contributed by atoms with van der Waals surface area (Å²) < 4.78 is 6.17. The van der Waals surface area contributed by atoms with Crippen molar-refractivity contribution in [2.45, 2.75) is 43.3 Å². The third-order valence-corrected chi connectivity index (χ3v) is 10.8. The Morgan fingerprint density at radius 2 is 1.62 bits per heavy atom. The number of H-pyrrole nitrogens is 1. The largest absolute Gasteiger partial charge is 0.506 e. The lowest BCUT2D eigenvalue weighted by atomic mass is 9.73. The fraction of sp³-hybridized carbons (Fsp3) is 0.400. The van der Waals surface area contributed by atoms with Crippen molar-refractivity contribution in [2.75, 3.05) is 52.4 Å². The first-order valence-corrected chi connectivity index (χ1v) is 18.1. The summed E-state index contributed by atoms with van der Waals surface area (Å²) in [5.74, 6) is -0.347. The smallest absolute Gasteiger partial charge is 0.320 e. The number of carbonyl (C=O) groups is 3. The number of pyridine rings is 1. The number of unbranched alkanes of at least 4 members (excludes halogenated alkanes) is 1. The number of amides is 2. The van der Waals surface area contributed by atoms with Gasteiger partial charge in [0.05, 0.1) is 11.6 Å². The summed E-state index contributed by atoms with van der Waals surface area (Å²) in [6, 6.07) is 22.2. The molecule has 5 N–H and O–H groups in total. The van der Waals surface area contributed by atoms with E-state index in [1.807, 2.05) is 30.3 Å². The highest BCUT2D eigenvalue weighted by atomic mass is 16.5. The van der Waals surface area contributed by atoms with Gasteiger partial charge in [0.1, 0.15) is 17.3 Å². The van der Waals surface area contributed by atoms with Crippen LogP contribution in [-0.4, -0.2) is 101 Å². The zero-order valence-electron chi connectivity index (χ0n) is 29.1. The van der Waals surface area contributed by atoms with Crippen molar-refractivity contribution in [3.63, 3.8) is 0 Å². The first-order chi connectivity index (χ1) is 25.2. The van der Waals surface area contributed by atoms with Crippen LogP contribution in [0.1, 0.15) is 63.6 Å². The Hall–Kier alpha value is -5.04. The number of nitrogens with zero attached hydrogens (tertiary/aromatic N) is 2. The number of aromatic amines is 1. The highest BCUT2D eigenvalue weighted by molar-refractivity contribution is 5.99. The van der Waals surface area contributed by atoms with Crippen molar-refractivity contribution in [2.24, 2.45) is 5.92 Å². The van der Waals surface area contributed by atoms with Gasteiger partial charge in [-0.1, -0.05) is 36.4 Å². The van der Waals surface area contributed by atoms with E-state index >= 15 is 0 Å². The van der Waals surface area contributed by atoms with Crippen LogP contribution < -0.4 is 16.2 Å². The van der Waals surface area contributed by atoms with Gasteiger partial charge in [-0.25, -0.2) is 0 Å². The molecule has 0 spiro atoms. The molecule has 52 heavy (non-hydrogen) atoms. The molecule has 0 radical (unpaired) electrons.